The lowest BCUT2D eigenvalue weighted by Gasteiger charge is -2.31. The quantitative estimate of drug-likeness (QED) is 0.763. The van der Waals surface area contributed by atoms with Crippen LogP contribution in [-0.4, -0.2) is 31.1 Å². The van der Waals surface area contributed by atoms with E-state index in [1.807, 2.05) is 0 Å². The molecule has 0 radical (unpaired) electrons. The van der Waals surface area contributed by atoms with Gasteiger partial charge in [-0.15, -0.1) is 0 Å². The lowest BCUT2D eigenvalue weighted by molar-refractivity contribution is -0.159. The molecule has 1 N–H and O–H groups in total. The lowest BCUT2D eigenvalue weighted by Crippen LogP contribution is -2.37. The highest BCUT2D eigenvalue weighted by Crippen LogP contribution is 2.42. The molecule has 1 aliphatic carbocycles. The fourth-order valence-corrected chi connectivity index (χ4v) is 3.70. The van der Waals surface area contributed by atoms with Crippen molar-refractivity contribution >= 4 is 5.97 Å². The summed E-state index contributed by atoms with van der Waals surface area (Å²) in [7, 11) is 0. The van der Waals surface area contributed by atoms with Gasteiger partial charge < -0.3 is 10.1 Å². The Kier molecular flexibility index (Phi) is 4.67. The van der Waals surface area contributed by atoms with Crippen LogP contribution in [0.4, 0.5) is 8.78 Å². The molecule has 2 rings (SSSR count). The number of ether oxygens (including phenoxy) is 1. The average molecular weight is 289 g/mol. The maximum atomic E-state index is 13.1. The third-order valence-corrected chi connectivity index (χ3v) is 4.43. The van der Waals surface area contributed by atoms with Gasteiger partial charge in [0, 0.05) is 13.1 Å². The Morgan fingerprint density at radius 3 is 2.50 bits per heavy atom. The number of rotatable bonds is 6. The van der Waals surface area contributed by atoms with Crippen LogP contribution in [-0.2, 0) is 9.53 Å². The number of cyclic esters (lactones) is 1. The standard InChI is InChI=1S/C15H25F2NO2/c1-11(2)7-14(5-3-4-6-14)10-18-9-12-8-15(16,17)13(19)20-12/h11-12,18H,3-10H2,1-2H3. The largest absolute Gasteiger partial charge is 0.456 e. The van der Waals surface area contributed by atoms with Crippen molar-refractivity contribution in [3.05, 3.63) is 0 Å². The van der Waals surface area contributed by atoms with E-state index >= 15 is 0 Å². The zero-order valence-corrected chi connectivity index (χ0v) is 12.4. The molecular weight excluding hydrogens is 264 g/mol. The molecule has 1 aliphatic heterocycles. The summed E-state index contributed by atoms with van der Waals surface area (Å²) in [6.07, 6.45) is 4.92. The fourth-order valence-electron chi connectivity index (χ4n) is 3.70. The minimum atomic E-state index is -3.30. The van der Waals surface area contributed by atoms with Crippen LogP contribution in [0.25, 0.3) is 0 Å². The van der Waals surface area contributed by atoms with Crippen LogP contribution >= 0.6 is 0 Å². The van der Waals surface area contributed by atoms with Crippen molar-refractivity contribution in [2.45, 2.75) is 64.4 Å². The van der Waals surface area contributed by atoms with Crippen molar-refractivity contribution < 1.29 is 18.3 Å². The number of hydrogen-bond donors (Lipinski definition) is 1. The van der Waals surface area contributed by atoms with Gasteiger partial charge in [-0.2, -0.15) is 8.78 Å². The maximum absolute atomic E-state index is 13.1. The number of halogens is 2. The highest BCUT2D eigenvalue weighted by molar-refractivity contribution is 5.79. The van der Waals surface area contributed by atoms with E-state index in [1.165, 1.54) is 32.1 Å². The van der Waals surface area contributed by atoms with Gasteiger partial charge in [0.1, 0.15) is 6.10 Å². The molecule has 1 unspecified atom stereocenters. The number of nitrogens with one attached hydrogen (secondary N) is 1. The van der Waals surface area contributed by atoms with Crippen LogP contribution in [0.5, 0.6) is 0 Å². The first-order chi connectivity index (χ1) is 9.33. The summed E-state index contributed by atoms with van der Waals surface area (Å²) in [4.78, 5) is 10.9. The van der Waals surface area contributed by atoms with E-state index in [2.05, 4.69) is 19.2 Å². The van der Waals surface area contributed by atoms with E-state index in [0.29, 0.717) is 17.9 Å². The van der Waals surface area contributed by atoms with Gasteiger partial charge in [-0.25, -0.2) is 4.79 Å². The van der Waals surface area contributed by atoms with E-state index in [9.17, 15) is 13.6 Å². The molecule has 2 fully saturated rings. The summed E-state index contributed by atoms with van der Waals surface area (Å²) < 4.78 is 30.8. The van der Waals surface area contributed by atoms with Gasteiger partial charge in [0.15, 0.2) is 0 Å². The molecule has 0 bridgehead atoms. The third-order valence-electron chi connectivity index (χ3n) is 4.43. The van der Waals surface area contributed by atoms with Crippen molar-refractivity contribution in [1.29, 1.82) is 0 Å². The second kappa shape index (κ2) is 5.96. The fraction of sp³-hybridized carbons (Fsp3) is 0.933. The van der Waals surface area contributed by atoms with Gasteiger partial charge >= 0.3 is 11.9 Å². The van der Waals surface area contributed by atoms with E-state index in [4.69, 9.17) is 4.74 Å². The topological polar surface area (TPSA) is 38.3 Å². The SMILES string of the molecule is CC(C)CC1(CNCC2CC(F)(F)C(=O)O2)CCCC1. The van der Waals surface area contributed by atoms with Gasteiger partial charge in [-0.05, 0) is 30.6 Å². The van der Waals surface area contributed by atoms with Gasteiger partial charge in [-0.1, -0.05) is 26.7 Å². The summed E-state index contributed by atoms with van der Waals surface area (Å²) in [6.45, 7) is 5.62. The molecule has 2 aliphatic rings. The maximum Gasteiger partial charge on any atom is 0.377 e. The molecular formula is C15H25F2NO2. The van der Waals surface area contributed by atoms with Crippen LogP contribution in [0.1, 0.15) is 52.4 Å². The molecule has 1 saturated heterocycles. The molecule has 3 nitrogen and oxygen atoms in total. The zero-order valence-electron chi connectivity index (χ0n) is 12.4. The summed E-state index contributed by atoms with van der Waals surface area (Å²) in [5.74, 6) is -4.03. The highest BCUT2D eigenvalue weighted by Gasteiger charge is 2.50. The molecule has 20 heavy (non-hydrogen) atoms. The second-order valence-corrected chi connectivity index (χ2v) is 6.87. The Hall–Kier alpha value is -0.710. The van der Waals surface area contributed by atoms with E-state index in [-0.39, 0.29) is 0 Å². The minimum Gasteiger partial charge on any atom is -0.456 e. The molecule has 0 aromatic heterocycles. The predicted octanol–water partition coefficient (Wildman–Crippen LogP) is 3.13. The molecule has 0 aromatic carbocycles. The number of esters is 1. The molecule has 1 heterocycles. The normalized spacial score (nSPS) is 28.1. The monoisotopic (exact) mass is 289 g/mol. The van der Waals surface area contributed by atoms with Crippen molar-refractivity contribution in [2.24, 2.45) is 11.3 Å². The smallest absolute Gasteiger partial charge is 0.377 e. The Bertz CT molecular complexity index is 352. The Morgan fingerprint density at radius 2 is 2.00 bits per heavy atom. The van der Waals surface area contributed by atoms with Gasteiger partial charge in [0.05, 0.1) is 6.42 Å². The molecule has 1 atom stereocenters. The average Bonchev–Trinajstić information content (AvgIpc) is 2.85. The zero-order chi connectivity index (χ0) is 14.8. The molecule has 116 valence electrons. The van der Waals surface area contributed by atoms with Crippen LogP contribution < -0.4 is 5.32 Å². The highest BCUT2D eigenvalue weighted by atomic mass is 19.3. The summed E-state index contributed by atoms with van der Waals surface area (Å²) in [5, 5.41) is 3.26. The number of carbonyl (C=O) groups is 1. The van der Waals surface area contributed by atoms with Gasteiger partial charge in [-0.3, -0.25) is 0 Å². The molecule has 0 aromatic rings. The first-order valence-electron chi connectivity index (χ1n) is 7.63. The van der Waals surface area contributed by atoms with E-state index < -0.39 is 24.4 Å². The number of hydrogen-bond acceptors (Lipinski definition) is 3. The summed E-state index contributed by atoms with van der Waals surface area (Å²) >= 11 is 0. The third kappa shape index (κ3) is 3.68. The van der Waals surface area contributed by atoms with Crippen LogP contribution in [0.3, 0.4) is 0 Å². The van der Waals surface area contributed by atoms with Crippen LogP contribution in [0, 0.1) is 11.3 Å². The van der Waals surface area contributed by atoms with E-state index in [1.54, 1.807) is 0 Å². The minimum absolute atomic E-state index is 0.305. The van der Waals surface area contributed by atoms with E-state index in [0.717, 1.165) is 6.54 Å². The van der Waals surface area contributed by atoms with Gasteiger partial charge in [0.25, 0.3) is 0 Å². The number of alkyl halides is 2. The summed E-state index contributed by atoms with van der Waals surface area (Å²) in [5.41, 5.74) is 0.305. The first-order valence-corrected chi connectivity index (χ1v) is 7.63. The molecule has 1 saturated carbocycles. The van der Waals surface area contributed by atoms with Crippen molar-refractivity contribution in [2.75, 3.05) is 13.1 Å². The number of carbonyl (C=O) groups excluding carboxylic acids is 1. The molecule has 0 spiro atoms. The Morgan fingerprint density at radius 1 is 1.35 bits per heavy atom. The van der Waals surface area contributed by atoms with Crippen LogP contribution in [0.15, 0.2) is 0 Å². The van der Waals surface area contributed by atoms with Crippen molar-refractivity contribution in [3.63, 3.8) is 0 Å². The summed E-state index contributed by atoms with van der Waals surface area (Å²) in [6, 6.07) is 0. The van der Waals surface area contributed by atoms with Crippen molar-refractivity contribution in [1.82, 2.24) is 5.32 Å². The first kappa shape index (κ1) is 15.7. The van der Waals surface area contributed by atoms with Crippen LogP contribution in [0.2, 0.25) is 0 Å². The molecule has 0 amide bonds. The van der Waals surface area contributed by atoms with Crippen molar-refractivity contribution in [3.8, 4) is 0 Å². The predicted molar refractivity (Wildman–Crippen MR) is 72.7 cm³/mol. The Labute approximate surface area is 119 Å². The molecule has 5 heteroatoms. The Balaban J connectivity index is 1.78. The second-order valence-electron chi connectivity index (χ2n) is 6.87. The lowest BCUT2D eigenvalue weighted by atomic mass is 9.78. The van der Waals surface area contributed by atoms with Gasteiger partial charge in [0.2, 0.25) is 0 Å².